The molecule has 2 rings (SSSR count). The molecule has 0 radical (unpaired) electrons. The van der Waals surface area contributed by atoms with E-state index in [1.807, 2.05) is 23.0 Å². The normalized spacial score (nSPS) is 10.5. The average Bonchev–Trinajstić information content (AvgIpc) is 2.78. The molecule has 1 heterocycles. The molecule has 0 unspecified atom stereocenters. The van der Waals surface area contributed by atoms with Crippen LogP contribution >= 0.6 is 15.9 Å². The molecule has 0 amide bonds. The predicted molar refractivity (Wildman–Crippen MR) is 70.1 cm³/mol. The van der Waals surface area contributed by atoms with Crippen LogP contribution in [0.3, 0.4) is 0 Å². The third kappa shape index (κ3) is 2.40. The molecule has 3 nitrogen and oxygen atoms in total. The molecular formula is C13H12BrN3. The average molecular weight is 290 g/mol. The molecule has 0 spiro atoms. The summed E-state index contributed by atoms with van der Waals surface area (Å²) in [7, 11) is 0. The van der Waals surface area contributed by atoms with Gasteiger partial charge in [0.1, 0.15) is 0 Å². The third-order valence-corrected chi connectivity index (χ3v) is 3.16. The second-order valence-corrected chi connectivity index (χ2v) is 4.97. The Bertz CT molecular complexity index is 579. The van der Waals surface area contributed by atoms with Crippen LogP contribution in [0.5, 0.6) is 0 Å². The highest BCUT2D eigenvalue weighted by molar-refractivity contribution is 9.10. The molecule has 0 atom stereocenters. The Kier molecular flexibility index (Phi) is 3.30. The SMILES string of the molecule is CC(C)c1ccn(-c2ccc(C#N)cc2Br)n1. The number of hydrogen-bond acceptors (Lipinski definition) is 2. The maximum atomic E-state index is 8.81. The summed E-state index contributed by atoms with van der Waals surface area (Å²) in [6.45, 7) is 4.22. The highest BCUT2D eigenvalue weighted by Crippen LogP contribution is 2.23. The van der Waals surface area contributed by atoms with Gasteiger partial charge in [0.15, 0.2) is 0 Å². The van der Waals surface area contributed by atoms with Gasteiger partial charge in [-0.3, -0.25) is 0 Å². The van der Waals surface area contributed by atoms with Crippen molar-refractivity contribution in [1.29, 1.82) is 5.26 Å². The van der Waals surface area contributed by atoms with Gasteiger partial charge in [-0.15, -0.1) is 0 Å². The van der Waals surface area contributed by atoms with Crippen molar-refractivity contribution in [2.45, 2.75) is 19.8 Å². The van der Waals surface area contributed by atoms with Gasteiger partial charge in [0, 0.05) is 10.7 Å². The molecule has 0 aliphatic rings. The Morgan fingerprint density at radius 2 is 2.12 bits per heavy atom. The van der Waals surface area contributed by atoms with Crippen LogP contribution in [0.25, 0.3) is 5.69 Å². The minimum Gasteiger partial charge on any atom is -0.240 e. The van der Waals surface area contributed by atoms with Crippen LogP contribution in [0, 0.1) is 11.3 Å². The van der Waals surface area contributed by atoms with Crippen LogP contribution in [0.4, 0.5) is 0 Å². The summed E-state index contributed by atoms with van der Waals surface area (Å²) in [5.41, 5.74) is 2.63. The molecule has 1 aromatic heterocycles. The van der Waals surface area contributed by atoms with Crippen molar-refractivity contribution in [3.05, 3.63) is 46.2 Å². The van der Waals surface area contributed by atoms with Gasteiger partial charge in [-0.1, -0.05) is 13.8 Å². The van der Waals surface area contributed by atoms with Crippen LogP contribution in [0.15, 0.2) is 34.9 Å². The molecule has 0 N–H and O–H groups in total. The van der Waals surface area contributed by atoms with Gasteiger partial charge in [0.2, 0.25) is 0 Å². The van der Waals surface area contributed by atoms with Crippen molar-refractivity contribution in [2.24, 2.45) is 0 Å². The lowest BCUT2D eigenvalue weighted by Crippen LogP contribution is -1.98. The van der Waals surface area contributed by atoms with Crippen LogP contribution in [0.1, 0.15) is 31.0 Å². The van der Waals surface area contributed by atoms with E-state index < -0.39 is 0 Å². The molecule has 0 aliphatic carbocycles. The minimum atomic E-state index is 0.411. The first-order chi connectivity index (χ1) is 8.11. The van der Waals surface area contributed by atoms with Gasteiger partial charge in [-0.05, 0) is 46.1 Å². The second-order valence-electron chi connectivity index (χ2n) is 4.12. The van der Waals surface area contributed by atoms with Crippen molar-refractivity contribution in [3.8, 4) is 11.8 Å². The fourth-order valence-corrected chi connectivity index (χ4v) is 2.10. The number of rotatable bonds is 2. The summed E-state index contributed by atoms with van der Waals surface area (Å²) in [6, 6.07) is 9.59. The number of hydrogen-bond donors (Lipinski definition) is 0. The van der Waals surface area contributed by atoms with E-state index in [4.69, 9.17) is 5.26 Å². The molecule has 0 aliphatic heterocycles. The second kappa shape index (κ2) is 4.72. The maximum absolute atomic E-state index is 8.81. The summed E-state index contributed by atoms with van der Waals surface area (Å²) in [6.07, 6.45) is 1.93. The Balaban J connectivity index is 2.43. The van der Waals surface area contributed by atoms with Gasteiger partial charge in [0.25, 0.3) is 0 Å². The van der Waals surface area contributed by atoms with Crippen LogP contribution in [-0.4, -0.2) is 9.78 Å². The molecule has 1 aromatic carbocycles. The highest BCUT2D eigenvalue weighted by atomic mass is 79.9. The van der Waals surface area contributed by atoms with Crippen LogP contribution in [-0.2, 0) is 0 Å². The maximum Gasteiger partial charge on any atom is 0.0992 e. The molecule has 0 fully saturated rings. The fourth-order valence-electron chi connectivity index (χ4n) is 1.54. The first kappa shape index (κ1) is 11.9. The van der Waals surface area contributed by atoms with Gasteiger partial charge >= 0.3 is 0 Å². The molecule has 17 heavy (non-hydrogen) atoms. The van der Waals surface area contributed by atoms with Crippen molar-refractivity contribution in [2.75, 3.05) is 0 Å². The lowest BCUT2D eigenvalue weighted by molar-refractivity contribution is 0.767. The monoisotopic (exact) mass is 289 g/mol. The summed E-state index contributed by atoms with van der Waals surface area (Å²) in [5, 5.41) is 13.3. The Labute approximate surface area is 109 Å². The van der Waals surface area contributed by atoms with Crippen LogP contribution < -0.4 is 0 Å². The third-order valence-electron chi connectivity index (χ3n) is 2.52. The number of nitrogens with zero attached hydrogens (tertiary/aromatic N) is 3. The molecule has 0 saturated heterocycles. The lowest BCUT2D eigenvalue weighted by atomic mass is 10.1. The number of halogens is 1. The molecule has 86 valence electrons. The number of benzene rings is 1. The predicted octanol–water partition coefficient (Wildman–Crippen LogP) is 3.63. The zero-order chi connectivity index (χ0) is 12.4. The summed E-state index contributed by atoms with van der Waals surface area (Å²) in [4.78, 5) is 0. The van der Waals surface area contributed by atoms with Crippen molar-refractivity contribution in [1.82, 2.24) is 9.78 Å². The smallest absolute Gasteiger partial charge is 0.0992 e. The van der Waals surface area contributed by atoms with E-state index in [-0.39, 0.29) is 0 Å². The number of aromatic nitrogens is 2. The van der Waals surface area contributed by atoms with Gasteiger partial charge in [-0.2, -0.15) is 10.4 Å². The van der Waals surface area contributed by atoms with Gasteiger partial charge < -0.3 is 0 Å². The molecule has 2 aromatic rings. The first-order valence-corrected chi connectivity index (χ1v) is 6.16. The molecular weight excluding hydrogens is 278 g/mol. The minimum absolute atomic E-state index is 0.411. The van der Waals surface area contributed by atoms with Crippen LogP contribution in [0.2, 0.25) is 0 Å². The topological polar surface area (TPSA) is 41.6 Å². The van der Waals surface area contributed by atoms with E-state index in [0.29, 0.717) is 11.5 Å². The first-order valence-electron chi connectivity index (χ1n) is 5.37. The number of nitriles is 1. The molecule has 4 heteroatoms. The molecule has 0 saturated carbocycles. The summed E-state index contributed by atoms with van der Waals surface area (Å²) >= 11 is 3.46. The highest BCUT2D eigenvalue weighted by Gasteiger charge is 2.07. The summed E-state index contributed by atoms with van der Waals surface area (Å²) < 4.78 is 2.69. The lowest BCUT2D eigenvalue weighted by Gasteiger charge is -2.05. The van der Waals surface area contributed by atoms with E-state index >= 15 is 0 Å². The summed E-state index contributed by atoms with van der Waals surface area (Å²) in [5.74, 6) is 0.411. The quantitative estimate of drug-likeness (QED) is 0.847. The standard InChI is InChI=1S/C13H12BrN3/c1-9(2)12-5-6-17(16-12)13-4-3-10(8-15)7-11(13)14/h3-7,9H,1-2H3. The van der Waals surface area contributed by atoms with E-state index in [0.717, 1.165) is 15.9 Å². The zero-order valence-electron chi connectivity index (χ0n) is 9.68. The largest absolute Gasteiger partial charge is 0.240 e. The van der Waals surface area contributed by atoms with Crippen molar-refractivity contribution >= 4 is 15.9 Å². The fraction of sp³-hybridized carbons (Fsp3) is 0.231. The van der Waals surface area contributed by atoms with Gasteiger partial charge in [0.05, 0.1) is 23.0 Å². The Hall–Kier alpha value is -1.60. The van der Waals surface area contributed by atoms with E-state index in [2.05, 4.69) is 40.9 Å². The zero-order valence-corrected chi connectivity index (χ0v) is 11.3. The molecule has 0 bridgehead atoms. The van der Waals surface area contributed by atoms with Gasteiger partial charge in [-0.25, -0.2) is 4.68 Å². The van der Waals surface area contributed by atoms with Crippen molar-refractivity contribution < 1.29 is 0 Å². The van der Waals surface area contributed by atoms with Crippen molar-refractivity contribution in [3.63, 3.8) is 0 Å². The Morgan fingerprint density at radius 1 is 1.35 bits per heavy atom. The van der Waals surface area contributed by atoms with E-state index in [1.54, 1.807) is 12.1 Å². The Morgan fingerprint density at radius 3 is 2.65 bits per heavy atom. The van der Waals surface area contributed by atoms with E-state index in [9.17, 15) is 0 Å². The van der Waals surface area contributed by atoms with E-state index in [1.165, 1.54) is 0 Å².